The topological polar surface area (TPSA) is 73.2 Å². The maximum Gasteiger partial charge on any atom is 0.275 e. The fourth-order valence-corrected chi connectivity index (χ4v) is 2.57. The molecule has 138 valence electrons. The van der Waals surface area contributed by atoms with Crippen LogP contribution in [0.4, 0.5) is 4.39 Å². The van der Waals surface area contributed by atoms with Crippen molar-refractivity contribution < 1.29 is 13.9 Å². The fraction of sp³-hybridized carbons (Fsp3) is 0.150. The van der Waals surface area contributed by atoms with Crippen LogP contribution < -0.4 is 15.6 Å². The summed E-state index contributed by atoms with van der Waals surface area (Å²) in [5, 5.41) is 6.89. The lowest BCUT2D eigenvalue weighted by atomic mass is 10.1. The van der Waals surface area contributed by atoms with E-state index < -0.39 is 17.3 Å². The minimum absolute atomic E-state index is 0.0190. The number of carbonyl (C=O) groups excluding carboxylic acids is 1. The molecule has 0 fully saturated rings. The van der Waals surface area contributed by atoms with Crippen LogP contribution in [0.2, 0.25) is 0 Å². The molecule has 2 aromatic carbocycles. The lowest BCUT2D eigenvalue weighted by Crippen LogP contribution is -2.31. The van der Waals surface area contributed by atoms with Crippen LogP contribution in [0.15, 0.2) is 65.5 Å². The highest BCUT2D eigenvalue weighted by molar-refractivity contribution is 5.94. The second-order valence-corrected chi connectivity index (χ2v) is 5.78. The maximum absolute atomic E-state index is 13.1. The Bertz CT molecular complexity index is 986. The van der Waals surface area contributed by atoms with E-state index >= 15 is 0 Å². The molecule has 0 spiro atoms. The third kappa shape index (κ3) is 4.38. The Kier molecular flexibility index (Phi) is 5.61. The van der Waals surface area contributed by atoms with Crippen molar-refractivity contribution in [2.45, 2.75) is 6.42 Å². The van der Waals surface area contributed by atoms with E-state index in [0.717, 1.165) is 10.2 Å². The van der Waals surface area contributed by atoms with Gasteiger partial charge in [-0.15, -0.1) is 0 Å². The predicted molar refractivity (Wildman–Crippen MR) is 98.8 cm³/mol. The Labute approximate surface area is 155 Å². The molecule has 0 atom stereocenters. The molecule has 0 radical (unpaired) electrons. The Morgan fingerprint density at radius 2 is 1.85 bits per heavy atom. The maximum atomic E-state index is 13.1. The van der Waals surface area contributed by atoms with E-state index in [4.69, 9.17) is 4.74 Å². The molecule has 27 heavy (non-hydrogen) atoms. The largest absolute Gasteiger partial charge is 0.494 e. The lowest BCUT2D eigenvalue weighted by Gasteiger charge is -2.11. The van der Waals surface area contributed by atoms with Crippen LogP contribution in [-0.4, -0.2) is 29.3 Å². The lowest BCUT2D eigenvalue weighted by molar-refractivity contribution is 0.0943. The average Bonchev–Trinajstić information content (AvgIpc) is 2.69. The molecule has 1 heterocycles. The third-order valence-corrected chi connectivity index (χ3v) is 3.94. The van der Waals surface area contributed by atoms with Gasteiger partial charge in [-0.25, -0.2) is 4.39 Å². The smallest absolute Gasteiger partial charge is 0.275 e. The number of nitrogens with zero attached hydrogens (tertiary/aromatic N) is 2. The van der Waals surface area contributed by atoms with Crippen LogP contribution in [0.1, 0.15) is 16.1 Å². The van der Waals surface area contributed by atoms with Gasteiger partial charge < -0.3 is 10.1 Å². The van der Waals surface area contributed by atoms with Crippen LogP contribution in [0.5, 0.6) is 5.75 Å². The second kappa shape index (κ2) is 8.27. The van der Waals surface area contributed by atoms with E-state index in [2.05, 4.69) is 10.4 Å². The minimum Gasteiger partial charge on any atom is -0.494 e. The molecule has 0 aliphatic carbocycles. The van der Waals surface area contributed by atoms with Gasteiger partial charge in [0, 0.05) is 6.54 Å². The Balaban J connectivity index is 1.82. The SMILES string of the molecule is COc1cc(=O)n(-c2ccc(F)cc2)nc1C(=O)NCCc1ccccc1. The number of hydrogen-bond donors (Lipinski definition) is 1. The number of methoxy groups -OCH3 is 1. The zero-order valence-electron chi connectivity index (χ0n) is 14.7. The summed E-state index contributed by atoms with van der Waals surface area (Å²) in [5.41, 5.74) is 0.935. The molecular weight excluding hydrogens is 349 g/mol. The quantitative estimate of drug-likeness (QED) is 0.726. The van der Waals surface area contributed by atoms with Crippen molar-refractivity contribution in [3.63, 3.8) is 0 Å². The monoisotopic (exact) mass is 367 g/mol. The standard InChI is InChI=1S/C20H18FN3O3/c1-27-17-13-18(25)24(16-9-7-15(21)8-10-16)23-19(17)20(26)22-12-11-14-5-3-2-4-6-14/h2-10,13H,11-12H2,1H3,(H,22,26). The average molecular weight is 367 g/mol. The number of ether oxygens (including phenoxy) is 1. The number of carbonyl (C=O) groups is 1. The van der Waals surface area contributed by atoms with Crippen LogP contribution in [0.25, 0.3) is 5.69 Å². The number of amides is 1. The Morgan fingerprint density at radius 3 is 2.52 bits per heavy atom. The van der Waals surface area contributed by atoms with Gasteiger partial charge in [0.25, 0.3) is 11.5 Å². The highest BCUT2D eigenvalue weighted by Gasteiger charge is 2.17. The van der Waals surface area contributed by atoms with Crippen molar-refractivity contribution in [2.75, 3.05) is 13.7 Å². The summed E-state index contributed by atoms with van der Waals surface area (Å²) in [5.74, 6) is -0.812. The van der Waals surface area contributed by atoms with Crippen LogP contribution in [-0.2, 0) is 6.42 Å². The number of halogens is 1. The van der Waals surface area contributed by atoms with Crippen molar-refractivity contribution in [1.29, 1.82) is 0 Å². The summed E-state index contributed by atoms with van der Waals surface area (Å²) in [6.45, 7) is 0.406. The number of rotatable bonds is 6. The second-order valence-electron chi connectivity index (χ2n) is 5.78. The number of aromatic nitrogens is 2. The zero-order chi connectivity index (χ0) is 19.2. The van der Waals surface area contributed by atoms with Crippen molar-refractivity contribution in [3.8, 4) is 11.4 Å². The van der Waals surface area contributed by atoms with E-state index in [-0.39, 0.29) is 11.4 Å². The first-order chi connectivity index (χ1) is 13.1. The molecule has 0 aliphatic heterocycles. The van der Waals surface area contributed by atoms with Gasteiger partial charge in [0.1, 0.15) is 5.82 Å². The highest BCUT2D eigenvalue weighted by atomic mass is 19.1. The molecular formula is C20H18FN3O3. The molecule has 3 rings (SSSR count). The fourth-order valence-electron chi connectivity index (χ4n) is 2.57. The Morgan fingerprint density at radius 1 is 1.15 bits per heavy atom. The summed E-state index contributed by atoms with van der Waals surface area (Å²) in [7, 11) is 1.36. The molecule has 0 aliphatic rings. The molecule has 1 aromatic heterocycles. The summed E-state index contributed by atoms with van der Waals surface area (Å²) in [6.07, 6.45) is 0.659. The van der Waals surface area contributed by atoms with Gasteiger partial charge in [-0.2, -0.15) is 9.78 Å². The number of hydrogen-bond acceptors (Lipinski definition) is 4. The van der Waals surface area contributed by atoms with Gasteiger partial charge in [-0.3, -0.25) is 9.59 Å². The van der Waals surface area contributed by atoms with E-state index in [1.54, 1.807) is 0 Å². The minimum atomic E-state index is -0.487. The van der Waals surface area contributed by atoms with Gasteiger partial charge in [-0.1, -0.05) is 30.3 Å². The molecule has 3 aromatic rings. The molecule has 0 unspecified atom stereocenters. The molecule has 6 nitrogen and oxygen atoms in total. The first kappa shape index (κ1) is 18.3. The van der Waals surface area contributed by atoms with Gasteiger partial charge in [-0.05, 0) is 36.2 Å². The van der Waals surface area contributed by atoms with Crippen LogP contribution in [0.3, 0.4) is 0 Å². The van der Waals surface area contributed by atoms with Crippen molar-refractivity contribution in [3.05, 3.63) is 88.1 Å². The summed E-state index contributed by atoms with van der Waals surface area (Å²) < 4.78 is 19.3. The molecule has 1 N–H and O–H groups in total. The highest BCUT2D eigenvalue weighted by Crippen LogP contribution is 2.14. The number of nitrogens with one attached hydrogen (secondary N) is 1. The number of benzene rings is 2. The molecule has 0 saturated heterocycles. The summed E-state index contributed by atoms with van der Waals surface area (Å²) >= 11 is 0. The van der Waals surface area contributed by atoms with Gasteiger partial charge in [0.05, 0.1) is 18.9 Å². The molecule has 1 amide bonds. The van der Waals surface area contributed by atoms with Gasteiger partial charge in [0.2, 0.25) is 0 Å². The van der Waals surface area contributed by atoms with Crippen molar-refractivity contribution in [2.24, 2.45) is 0 Å². The summed E-state index contributed by atoms with van der Waals surface area (Å²) in [6, 6.07) is 16.2. The van der Waals surface area contributed by atoms with E-state index in [1.165, 1.54) is 37.4 Å². The predicted octanol–water partition coefficient (Wildman–Crippen LogP) is 2.35. The third-order valence-electron chi connectivity index (χ3n) is 3.94. The van der Waals surface area contributed by atoms with Crippen LogP contribution >= 0.6 is 0 Å². The van der Waals surface area contributed by atoms with Crippen molar-refractivity contribution in [1.82, 2.24) is 15.1 Å². The zero-order valence-corrected chi connectivity index (χ0v) is 14.7. The van der Waals surface area contributed by atoms with Gasteiger partial charge in [0.15, 0.2) is 11.4 Å². The first-order valence-electron chi connectivity index (χ1n) is 8.35. The van der Waals surface area contributed by atoms with Crippen molar-refractivity contribution >= 4 is 5.91 Å². The molecule has 0 saturated carbocycles. The molecule has 0 bridgehead atoms. The first-order valence-corrected chi connectivity index (χ1v) is 8.35. The van der Waals surface area contributed by atoms with Gasteiger partial charge >= 0.3 is 0 Å². The van der Waals surface area contributed by atoms with Crippen LogP contribution in [0, 0.1) is 5.82 Å². The van der Waals surface area contributed by atoms with E-state index in [9.17, 15) is 14.0 Å². The summed E-state index contributed by atoms with van der Waals surface area (Å²) in [4.78, 5) is 24.8. The molecule has 7 heteroatoms. The van der Waals surface area contributed by atoms with E-state index in [0.29, 0.717) is 18.7 Å². The van der Waals surface area contributed by atoms with E-state index in [1.807, 2.05) is 30.3 Å². The Hall–Kier alpha value is -3.48. The normalized spacial score (nSPS) is 10.4.